The topological polar surface area (TPSA) is 60.2 Å². The van der Waals surface area contributed by atoms with Gasteiger partial charge in [-0.2, -0.15) is 0 Å². The van der Waals surface area contributed by atoms with Crippen LogP contribution < -0.4 is 4.74 Å². The first-order valence-corrected chi connectivity index (χ1v) is 10.5. The number of carbonyl (C=O) groups excluding carboxylic acids is 1. The van der Waals surface area contributed by atoms with Gasteiger partial charge in [-0.25, -0.2) is 0 Å². The fraction of sp³-hybridized carbons (Fsp3) is 0.550. The highest BCUT2D eigenvalue weighted by molar-refractivity contribution is 7.99. The van der Waals surface area contributed by atoms with E-state index in [0.29, 0.717) is 17.8 Å². The summed E-state index contributed by atoms with van der Waals surface area (Å²) in [6.07, 6.45) is 3.38. The average Bonchev–Trinajstić information content (AvgIpc) is 3.09. The van der Waals surface area contributed by atoms with Crippen LogP contribution in [0.15, 0.2) is 29.4 Å². The number of ether oxygens (including phenoxy) is 1. The third-order valence-corrected chi connectivity index (χ3v) is 6.14. The third-order valence-electron chi connectivity index (χ3n) is 5.19. The van der Waals surface area contributed by atoms with Crippen LogP contribution in [0.1, 0.15) is 40.0 Å². The minimum absolute atomic E-state index is 0.191. The first kappa shape index (κ1) is 19.7. The van der Waals surface area contributed by atoms with Gasteiger partial charge in [0, 0.05) is 24.2 Å². The molecule has 1 aromatic heterocycles. The van der Waals surface area contributed by atoms with Gasteiger partial charge in [-0.05, 0) is 64.3 Å². The Bertz CT molecular complexity index is 765. The Hall–Kier alpha value is -2.02. The van der Waals surface area contributed by atoms with E-state index >= 15 is 0 Å². The maximum Gasteiger partial charge on any atom is 0.233 e. The largest absolute Gasteiger partial charge is 0.497 e. The van der Waals surface area contributed by atoms with Crippen LogP contribution in [0.25, 0.3) is 11.4 Å². The van der Waals surface area contributed by atoms with E-state index in [2.05, 4.69) is 35.5 Å². The van der Waals surface area contributed by atoms with Gasteiger partial charge in [-0.15, -0.1) is 10.2 Å². The molecule has 1 fully saturated rings. The number of carbonyl (C=O) groups is 1. The fourth-order valence-corrected chi connectivity index (χ4v) is 4.62. The van der Waals surface area contributed by atoms with Crippen molar-refractivity contribution in [3.63, 3.8) is 0 Å². The number of thioether (sulfide) groups is 1. The quantitative estimate of drug-likeness (QED) is 0.704. The van der Waals surface area contributed by atoms with E-state index in [0.717, 1.165) is 41.7 Å². The molecule has 2 aromatic rings. The standard InChI is InChI=1S/C20H28N4O2S/c1-5-23-19(16-9-11-17(26-4)12-10-16)21-22-20(23)27-13-18(25)24-14(2)7-6-8-15(24)3/h9-12,14-15H,5-8,13H2,1-4H3. The van der Waals surface area contributed by atoms with Gasteiger partial charge < -0.3 is 14.2 Å². The Kier molecular flexibility index (Phi) is 6.42. The molecule has 0 spiro atoms. The van der Waals surface area contributed by atoms with E-state index in [-0.39, 0.29) is 5.91 Å². The molecule has 2 heterocycles. The number of amides is 1. The summed E-state index contributed by atoms with van der Waals surface area (Å²) in [5.74, 6) is 2.22. The number of methoxy groups -OCH3 is 1. The molecular formula is C20H28N4O2S. The molecule has 1 aliphatic heterocycles. The molecule has 2 unspecified atom stereocenters. The lowest BCUT2D eigenvalue weighted by Crippen LogP contribution is -2.48. The van der Waals surface area contributed by atoms with Crippen LogP contribution in [-0.2, 0) is 11.3 Å². The zero-order chi connectivity index (χ0) is 19.4. The lowest BCUT2D eigenvalue weighted by atomic mass is 9.98. The van der Waals surface area contributed by atoms with Crippen LogP contribution >= 0.6 is 11.8 Å². The maximum absolute atomic E-state index is 12.8. The lowest BCUT2D eigenvalue weighted by Gasteiger charge is -2.39. The highest BCUT2D eigenvalue weighted by atomic mass is 32.2. The van der Waals surface area contributed by atoms with Crippen LogP contribution in [0, 0.1) is 0 Å². The number of hydrogen-bond acceptors (Lipinski definition) is 5. The number of hydrogen-bond donors (Lipinski definition) is 0. The predicted octanol–water partition coefficient (Wildman–Crippen LogP) is 3.86. The van der Waals surface area contributed by atoms with Crippen LogP contribution in [-0.4, -0.2) is 50.5 Å². The van der Waals surface area contributed by atoms with Gasteiger partial charge in [0.2, 0.25) is 5.91 Å². The molecular weight excluding hydrogens is 360 g/mol. The third kappa shape index (κ3) is 4.29. The second kappa shape index (κ2) is 8.78. The molecule has 7 heteroatoms. The second-order valence-electron chi connectivity index (χ2n) is 7.00. The first-order chi connectivity index (χ1) is 13.0. The SMILES string of the molecule is CCn1c(SCC(=O)N2C(C)CCCC2C)nnc1-c1ccc(OC)cc1. The van der Waals surface area contributed by atoms with E-state index in [1.54, 1.807) is 7.11 Å². The Morgan fingerprint density at radius 2 is 1.85 bits per heavy atom. The van der Waals surface area contributed by atoms with E-state index in [9.17, 15) is 4.79 Å². The average molecular weight is 389 g/mol. The summed E-state index contributed by atoms with van der Waals surface area (Å²) < 4.78 is 7.28. The number of nitrogens with zero attached hydrogens (tertiary/aromatic N) is 4. The lowest BCUT2D eigenvalue weighted by molar-refractivity contribution is -0.134. The summed E-state index contributed by atoms with van der Waals surface area (Å²) in [5, 5.41) is 9.48. The predicted molar refractivity (Wildman–Crippen MR) is 108 cm³/mol. The molecule has 0 N–H and O–H groups in total. The highest BCUT2D eigenvalue weighted by Gasteiger charge is 2.29. The van der Waals surface area contributed by atoms with E-state index in [4.69, 9.17) is 4.74 Å². The van der Waals surface area contributed by atoms with Crippen molar-refractivity contribution >= 4 is 17.7 Å². The molecule has 1 amide bonds. The number of piperidine rings is 1. The Morgan fingerprint density at radius 3 is 2.44 bits per heavy atom. The summed E-state index contributed by atoms with van der Waals surface area (Å²) in [6.45, 7) is 7.11. The van der Waals surface area contributed by atoms with Gasteiger partial charge in [0.05, 0.1) is 12.9 Å². The molecule has 0 saturated carbocycles. The minimum atomic E-state index is 0.191. The molecule has 146 valence electrons. The van der Waals surface area contributed by atoms with Crippen LogP contribution in [0.3, 0.4) is 0 Å². The zero-order valence-electron chi connectivity index (χ0n) is 16.5. The highest BCUT2D eigenvalue weighted by Crippen LogP contribution is 2.27. The van der Waals surface area contributed by atoms with Crippen molar-refractivity contribution in [3.05, 3.63) is 24.3 Å². The van der Waals surface area contributed by atoms with E-state index in [1.165, 1.54) is 18.2 Å². The van der Waals surface area contributed by atoms with Gasteiger partial charge in [0.1, 0.15) is 5.75 Å². The van der Waals surface area contributed by atoms with Crippen molar-refractivity contribution in [1.82, 2.24) is 19.7 Å². The summed E-state index contributed by atoms with van der Waals surface area (Å²) in [5.41, 5.74) is 0.988. The molecule has 2 atom stereocenters. The molecule has 3 rings (SSSR count). The summed E-state index contributed by atoms with van der Waals surface area (Å²) >= 11 is 1.47. The number of likely N-dealkylation sites (tertiary alicyclic amines) is 1. The monoisotopic (exact) mass is 388 g/mol. The van der Waals surface area contributed by atoms with Crippen LogP contribution in [0.2, 0.25) is 0 Å². The van der Waals surface area contributed by atoms with Crippen LogP contribution in [0.4, 0.5) is 0 Å². The van der Waals surface area contributed by atoms with Crippen molar-refractivity contribution in [2.75, 3.05) is 12.9 Å². The zero-order valence-corrected chi connectivity index (χ0v) is 17.3. The fourth-order valence-electron chi connectivity index (χ4n) is 3.75. The molecule has 0 bridgehead atoms. The summed E-state index contributed by atoms with van der Waals surface area (Å²) in [6, 6.07) is 8.43. The number of aromatic nitrogens is 3. The minimum Gasteiger partial charge on any atom is -0.497 e. The maximum atomic E-state index is 12.8. The first-order valence-electron chi connectivity index (χ1n) is 9.56. The molecule has 6 nitrogen and oxygen atoms in total. The molecule has 1 aliphatic rings. The van der Waals surface area contributed by atoms with Crippen molar-refractivity contribution < 1.29 is 9.53 Å². The normalized spacial score (nSPS) is 19.9. The summed E-state index contributed by atoms with van der Waals surface area (Å²) in [4.78, 5) is 14.8. The number of benzene rings is 1. The van der Waals surface area contributed by atoms with Crippen molar-refractivity contribution in [2.45, 2.75) is 63.8 Å². The van der Waals surface area contributed by atoms with E-state index in [1.807, 2.05) is 29.2 Å². The Balaban J connectivity index is 1.72. The second-order valence-corrected chi connectivity index (χ2v) is 7.94. The van der Waals surface area contributed by atoms with Gasteiger partial charge >= 0.3 is 0 Å². The van der Waals surface area contributed by atoms with Gasteiger partial charge in [0.25, 0.3) is 0 Å². The molecule has 0 radical (unpaired) electrons. The molecule has 1 saturated heterocycles. The van der Waals surface area contributed by atoms with Crippen molar-refractivity contribution in [1.29, 1.82) is 0 Å². The van der Waals surface area contributed by atoms with Gasteiger partial charge in [0.15, 0.2) is 11.0 Å². The van der Waals surface area contributed by atoms with Gasteiger partial charge in [-0.3, -0.25) is 4.79 Å². The Labute approximate surface area is 165 Å². The van der Waals surface area contributed by atoms with E-state index < -0.39 is 0 Å². The van der Waals surface area contributed by atoms with Crippen molar-refractivity contribution in [3.8, 4) is 17.1 Å². The number of rotatable bonds is 6. The molecule has 1 aromatic carbocycles. The molecule has 27 heavy (non-hydrogen) atoms. The summed E-state index contributed by atoms with van der Waals surface area (Å²) in [7, 11) is 1.65. The smallest absolute Gasteiger partial charge is 0.233 e. The molecule has 0 aliphatic carbocycles. The van der Waals surface area contributed by atoms with Crippen molar-refractivity contribution in [2.24, 2.45) is 0 Å². The van der Waals surface area contributed by atoms with Crippen LogP contribution in [0.5, 0.6) is 5.75 Å². The van der Waals surface area contributed by atoms with Gasteiger partial charge in [-0.1, -0.05) is 11.8 Å². The Morgan fingerprint density at radius 1 is 1.19 bits per heavy atom.